The summed E-state index contributed by atoms with van der Waals surface area (Å²) in [5.74, 6) is 1.14. The smallest absolute Gasteiger partial charge is 0.254 e. The van der Waals surface area contributed by atoms with Gasteiger partial charge in [-0.3, -0.25) is 9.78 Å². The number of pyridine rings is 1. The Bertz CT molecular complexity index is 1330. The molecule has 2 fully saturated rings. The molecule has 2 aromatic heterocycles. The van der Waals surface area contributed by atoms with Gasteiger partial charge >= 0.3 is 0 Å². The van der Waals surface area contributed by atoms with Crippen molar-refractivity contribution in [3.05, 3.63) is 77.5 Å². The summed E-state index contributed by atoms with van der Waals surface area (Å²) in [6, 6.07) is 3.04. The van der Waals surface area contributed by atoms with Crippen LogP contribution < -0.4 is 15.1 Å². The number of piperazine rings is 1. The monoisotopic (exact) mass is 561 g/mol. The zero-order chi connectivity index (χ0) is 29.1. The van der Waals surface area contributed by atoms with Crippen molar-refractivity contribution in [2.75, 3.05) is 42.5 Å². The van der Waals surface area contributed by atoms with E-state index in [2.05, 4.69) is 52.9 Å². The Hall–Kier alpha value is -3.95. The lowest BCUT2D eigenvalue weighted by Crippen LogP contribution is -2.55. The Morgan fingerprint density at radius 1 is 1.07 bits per heavy atom. The first-order chi connectivity index (χ1) is 19.7. The Morgan fingerprint density at radius 2 is 1.85 bits per heavy atom. The van der Waals surface area contributed by atoms with Gasteiger partial charge in [0.25, 0.3) is 5.91 Å². The maximum atomic E-state index is 14.1. The van der Waals surface area contributed by atoms with Gasteiger partial charge in [-0.05, 0) is 56.9 Å². The number of rotatable bonds is 6. The maximum Gasteiger partial charge on any atom is 0.254 e. The van der Waals surface area contributed by atoms with E-state index in [1.165, 1.54) is 12.3 Å². The average molecular weight is 562 g/mol. The molecule has 1 amide bonds. The lowest BCUT2D eigenvalue weighted by atomic mass is 9.73. The van der Waals surface area contributed by atoms with E-state index in [0.717, 1.165) is 66.8 Å². The molecule has 1 aliphatic carbocycles. The number of anilines is 2. The van der Waals surface area contributed by atoms with Crippen molar-refractivity contribution in [1.29, 1.82) is 0 Å². The number of hydrogen-bond acceptors (Lipinski definition) is 8. The molecule has 10 heteroatoms. The van der Waals surface area contributed by atoms with Crippen molar-refractivity contribution in [2.45, 2.75) is 59.0 Å². The van der Waals surface area contributed by atoms with Crippen LogP contribution in [0.1, 0.15) is 47.0 Å². The number of halogens is 1. The zero-order valence-electron chi connectivity index (χ0n) is 24.3. The molecule has 2 aromatic rings. The second kappa shape index (κ2) is 11.9. The minimum atomic E-state index is -0.401. The third-order valence-corrected chi connectivity index (χ3v) is 8.51. The van der Waals surface area contributed by atoms with E-state index >= 15 is 0 Å². The molecular formula is C31H40FN7O2. The van der Waals surface area contributed by atoms with Crippen molar-refractivity contribution >= 4 is 17.5 Å². The third kappa shape index (κ3) is 6.06. The fraction of sp³-hybridized carbons (Fsp3) is 0.484. The number of piperidine rings is 1. The van der Waals surface area contributed by atoms with E-state index < -0.39 is 5.82 Å². The summed E-state index contributed by atoms with van der Waals surface area (Å²) in [6.45, 7) is 11.8. The first kappa shape index (κ1) is 28.6. The van der Waals surface area contributed by atoms with Gasteiger partial charge in [0.1, 0.15) is 17.5 Å². The molecule has 218 valence electrons. The predicted octanol–water partition coefficient (Wildman–Crippen LogP) is 4.38. The fourth-order valence-electron chi connectivity index (χ4n) is 6.59. The Kier molecular flexibility index (Phi) is 8.28. The molecule has 5 rings (SSSR count). The SMILES string of the molecule is CC1=C(C(=O)N2CCN(c3ccc(F)cn3)[C@H](/C=C\O)C2)C(C)=C(NC2CCN(c3cnccn3)CC2)C(C)(C)C1. The number of hydrogen-bond donors (Lipinski definition) is 2. The molecule has 2 saturated heterocycles. The Labute approximate surface area is 241 Å². The first-order valence-electron chi connectivity index (χ1n) is 14.4. The summed E-state index contributed by atoms with van der Waals surface area (Å²) >= 11 is 0. The third-order valence-electron chi connectivity index (χ3n) is 8.51. The van der Waals surface area contributed by atoms with Crippen LogP contribution in [0.25, 0.3) is 0 Å². The molecule has 0 spiro atoms. The topological polar surface area (TPSA) is 97.7 Å². The molecule has 0 radical (unpaired) electrons. The quantitative estimate of drug-likeness (QED) is 0.502. The summed E-state index contributed by atoms with van der Waals surface area (Å²) in [4.78, 5) is 33.1. The normalized spacial score (nSPS) is 22.1. The molecular weight excluding hydrogens is 521 g/mol. The minimum absolute atomic E-state index is 0.00956. The van der Waals surface area contributed by atoms with E-state index in [0.29, 0.717) is 31.5 Å². The molecule has 0 unspecified atom stereocenters. The number of amides is 1. The highest BCUT2D eigenvalue weighted by atomic mass is 19.1. The number of allylic oxidation sites excluding steroid dienone is 2. The van der Waals surface area contributed by atoms with Gasteiger partial charge in [-0.1, -0.05) is 19.4 Å². The standard InChI is InChI=1S/C31H40FN7O2/c1-21-17-31(3,4)29(36-24-7-12-37(13-8-24)27-19-33-10-11-34-27)22(2)28(21)30(41)38-14-15-39(25(20-38)9-16-40)26-6-5-23(32)18-35-26/h5-6,9-11,16,18-19,24-25,36,40H,7-8,12-15,17,20H2,1-4H3/b16-9-/t25-/m1/s1. The Balaban J connectivity index is 1.31. The summed E-state index contributed by atoms with van der Waals surface area (Å²) in [6.07, 6.45) is 11.8. The highest BCUT2D eigenvalue weighted by Gasteiger charge is 2.38. The molecule has 3 aliphatic rings. The molecule has 0 bridgehead atoms. The average Bonchev–Trinajstić information content (AvgIpc) is 2.96. The number of carbonyl (C=O) groups excluding carboxylic acids is 1. The van der Waals surface area contributed by atoms with E-state index in [9.17, 15) is 14.3 Å². The number of aliphatic hydroxyl groups is 1. The number of aromatic nitrogens is 3. The number of aliphatic hydroxyl groups excluding tert-OH is 1. The predicted molar refractivity (Wildman–Crippen MR) is 158 cm³/mol. The van der Waals surface area contributed by atoms with Gasteiger partial charge in [0.05, 0.1) is 24.7 Å². The highest BCUT2D eigenvalue weighted by molar-refractivity contribution is 5.99. The second-order valence-corrected chi connectivity index (χ2v) is 11.9. The van der Waals surface area contributed by atoms with Crippen LogP contribution >= 0.6 is 0 Å². The van der Waals surface area contributed by atoms with Gasteiger partial charge in [-0.2, -0.15) is 0 Å². The Morgan fingerprint density at radius 3 is 2.51 bits per heavy atom. The molecule has 2 aliphatic heterocycles. The molecule has 2 N–H and O–H groups in total. The largest absolute Gasteiger partial charge is 0.516 e. The van der Waals surface area contributed by atoms with Crippen molar-refractivity contribution < 1.29 is 14.3 Å². The molecule has 41 heavy (non-hydrogen) atoms. The van der Waals surface area contributed by atoms with Crippen LogP contribution in [0.3, 0.4) is 0 Å². The van der Waals surface area contributed by atoms with Crippen molar-refractivity contribution in [3.63, 3.8) is 0 Å². The van der Waals surface area contributed by atoms with Gasteiger partial charge in [-0.25, -0.2) is 14.4 Å². The summed E-state index contributed by atoms with van der Waals surface area (Å²) in [7, 11) is 0. The molecule has 1 atom stereocenters. The lowest BCUT2D eigenvalue weighted by Gasteiger charge is -2.43. The van der Waals surface area contributed by atoms with Crippen LogP contribution in [-0.4, -0.2) is 75.7 Å². The lowest BCUT2D eigenvalue weighted by molar-refractivity contribution is -0.127. The minimum Gasteiger partial charge on any atom is -0.516 e. The summed E-state index contributed by atoms with van der Waals surface area (Å²) in [5, 5.41) is 13.4. The van der Waals surface area contributed by atoms with Crippen LogP contribution in [0.5, 0.6) is 0 Å². The fourth-order valence-corrected chi connectivity index (χ4v) is 6.59. The van der Waals surface area contributed by atoms with Gasteiger partial charge < -0.3 is 25.1 Å². The van der Waals surface area contributed by atoms with E-state index in [1.54, 1.807) is 24.5 Å². The molecule has 0 saturated carbocycles. The van der Waals surface area contributed by atoms with Crippen LogP contribution in [0.15, 0.2) is 71.7 Å². The first-order valence-corrected chi connectivity index (χ1v) is 14.4. The van der Waals surface area contributed by atoms with Gasteiger partial charge in [0.15, 0.2) is 0 Å². The van der Waals surface area contributed by atoms with E-state index in [1.807, 2.05) is 16.0 Å². The summed E-state index contributed by atoms with van der Waals surface area (Å²) in [5.41, 5.74) is 3.92. The van der Waals surface area contributed by atoms with Crippen molar-refractivity contribution in [3.8, 4) is 0 Å². The van der Waals surface area contributed by atoms with Crippen LogP contribution in [-0.2, 0) is 4.79 Å². The van der Waals surface area contributed by atoms with Gasteiger partial charge in [0.2, 0.25) is 0 Å². The van der Waals surface area contributed by atoms with Crippen LogP contribution in [0, 0.1) is 11.2 Å². The maximum absolute atomic E-state index is 14.1. The zero-order valence-corrected chi connectivity index (χ0v) is 24.3. The number of carbonyl (C=O) groups is 1. The van der Waals surface area contributed by atoms with Crippen LogP contribution in [0.4, 0.5) is 16.0 Å². The number of nitrogens with one attached hydrogen (secondary N) is 1. The number of nitrogens with zero attached hydrogens (tertiary/aromatic N) is 6. The highest BCUT2D eigenvalue weighted by Crippen LogP contribution is 2.43. The molecule has 4 heterocycles. The van der Waals surface area contributed by atoms with Gasteiger partial charge in [0, 0.05) is 67.8 Å². The summed E-state index contributed by atoms with van der Waals surface area (Å²) < 4.78 is 13.5. The molecule has 0 aromatic carbocycles. The van der Waals surface area contributed by atoms with Crippen molar-refractivity contribution in [1.82, 2.24) is 25.2 Å². The second-order valence-electron chi connectivity index (χ2n) is 11.9. The molecule has 9 nitrogen and oxygen atoms in total. The van der Waals surface area contributed by atoms with Gasteiger partial charge in [-0.15, -0.1) is 0 Å². The van der Waals surface area contributed by atoms with Crippen LogP contribution in [0.2, 0.25) is 0 Å². The van der Waals surface area contributed by atoms with Crippen molar-refractivity contribution in [2.24, 2.45) is 5.41 Å². The van der Waals surface area contributed by atoms with E-state index in [4.69, 9.17) is 0 Å². The van der Waals surface area contributed by atoms with E-state index in [-0.39, 0.29) is 17.4 Å².